The molecule has 180 valence electrons. The molecule has 5 atom stereocenters. The molecule has 0 N–H and O–H groups in total. The minimum atomic E-state index is -0.511. The molecule has 0 aromatic heterocycles. The lowest BCUT2D eigenvalue weighted by Crippen LogP contribution is -2.53. The number of carbonyl (C=O) groups excluding carboxylic acids is 1. The maximum Gasteiger partial charge on any atom is 0.311 e. The largest absolute Gasteiger partial charge is 0.497 e. The highest BCUT2D eigenvalue weighted by molar-refractivity contribution is 5.77. The Hall–Kier alpha value is -2.07. The minimum Gasteiger partial charge on any atom is -0.497 e. The Morgan fingerprint density at radius 3 is 2.64 bits per heavy atom. The Morgan fingerprint density at radius 1 is 1.21 bits per heavy atom. The lowest BCUT2D eigenvalue weighted by molar-refractivity contribution is -0.163. The van der Waals surface area contributed by atoms with Gasteiger partial charge < -0.3 is 14.2 Å². The summed E-state index contributed by atoms with van der Waals surface area (Å²) in [5, 5.41) is 0. The summed E-state index contributed by atoms with van der Waals surface area (Å²) in [4.78, 5) is 13.0. The fourth-order valence-corrected chi connectivity index (χ4v) is 6.81. The first-order chi connectivity index (χ1) is 15.7. The van der Waals surface area contributed by atoms with E-state index in [4.69, 9.17) is 14.2 Å². The van der Waals surface area contributed by atoms with Crippen LogP contribution in [0.3, 0.4) is 0 Å². The van der Waals surface area contributed by atoms with Crippen LogP contribution in [0, 0.1) is 17.3 Å². The van der Waals surface area contributed by atoms with Crippen LogP contribution in [0.2, 0.25) is 0 Å². The zero-order chi connectivity index (χ0) is 23.8. The van der Waals surface area contributed by atoms with Gasteiger partial charge in [0.2, 0.25) is 0 Å². The number of carbonyl (C=O) groups is 1. The van der Waals surface area contributed by atoms with E-state index in [0.717, 1.165) is 50.7 Å². The Kier molecular flexibility index (Phi) is 6.77. The number of hydrogen-bond acceptors (Lipinski definition) is 4. The number of esters is 1. The van der Waals surface area contributed by atoms with Crippen LogP contribution >= 0.6 is 0 Å². The topological polar surface area (TPSA) is 44.8 Å². The summed E-state index contributed by atoms with van der Waals surface area (Å²) >= 11 is 0. The van der Waals surface area contributed by atoms with Crippen LogP contribution in [0.15, 0.2) is 42.0 Å². The van der Waals surface area contributed by atoms with Gasteiger partial charge in [-0.15, -0.1) is 0 Å². The highest BCUT2D eigenvalue weighted by Crippen LogP contribution is 2.60. The van der Waals surface area contributed by atoms with Gasteiger partial charge >= 0.3 is 5.97 Å². The molecule has 1 aromatic carbocycles. The van der Waals surface area contributed by atoms with Gasteiger partial charge in [0.1, 0.15) is 5.75 Å². The molecule has 0 amide bonds. The third-order valence-corrected chi connectivity index (χ3v) is 8.93. The van der Waals surface area contributed by atoms with Crippen molar-refractivity contribution in [2.24, 2.45) is 17.3 Å². The fraction of sp³-hybridized carbons (Fsp3) is 0.621. The molecule has 0 bridgehead atoms. The maximum atomic E-state index is 13.0. The van der Waals surface area contributed by atoms with Crippen molar-refractivity contribution >= 4 is 5.97 Å². The van der Waals surface area contributed by atoms with Crippen molar-refractivity contribution in [3.05, 3.63) is 53.1 Å². The second-order valence-corrected chi connectivity index (χ2v) is 10.9. The van der Waals surface area contributed by atoms with Crippen molar-refractivity contribution in [2.45, 2.75) is 77.2 Å². The van der Waals surface area contributed by atoms with Crippen molar-refractivity contribution < 1.29 is 19.0 Å². The standard InChI is InChI=1S/C29H40O4/c1-19(2)21-10-8-20(9-11-21)18-33-25-17-26-28(3,14-7-15-29(26,4)27(30)32-6)24-16-22(31-5)12-13-23(24)25/h8,12-13,16,21,25-26H,1,7,9-11,14-15,17-18H2,2-6H3/t21-,25+,26+,28+,29-/m0/s1. The summed E-state index contributed by atoms with van der Waals surface area (Å²) in [7, 11) is 3.23. The quantitative estimate of drug-likeness (QED) is 0.356. The van der Waals surface area contributed by atoms with Crippen LogP contribution in [-0.4, -0.2) is 26.8 Å². The molecular weight excluding hydrogens is 412 g/mol. The van der Waals surface area contributed by atoms with Crippen LogP contribution in [0.5, 0.6) is 5.75 Å². The predicted molar refractivity (Wildman–Crippen MR) is 131 cm³/mol. The van der Waals surface area contributed by atoms with E-state index in [1.54, 1.807) is 7.11 Å². The first-order valence-corrected chi connectivity index (χ1v) is 12.4. The van der Waals surface area contributed by atoms with Gasteiger partial charge in [-0.25, -0.2) is 0 Å². The lowest BCUT2D eigenvalue weighted by atomic mass is 9.49. The summed E-state index contributed by atoms with van der Waals surface area (Å²) in [5.74, 6) is 1.52. The Morgan fingerprint density at radius 2 is 2.00 bits per heavy atom. The number of benzene rings is 1. The summed E-state index contributed by atoms with van der Waals surface area (Å²) in [6.45, 7) is 11.3. The van der Waals surface area contributed by atoms with Gasteiger partial charge in [-0.1, -0.05) is 37.6 Å². The molecular formula is C29H40O4. The molecule has 0 radical (unpaired) electrons. The minimum absolute atomic E-state index is 0.0363. The summed E-state index contributed by atoms with van der Waals surface area (Å²) in [6.07, 6.45) is 9.37. The summed E-state index contributed by atoms with van der Waals surface area (Å²) in [6, 6.07) is 6.40. The van der Waals surface area contributed by atoms with Crippen molar-refractivity contribution in [3.8, 4) is 5.75 Å². The molecule has 1 saturated carbocycles. The van der Waals surface area contributed by atoms with Crippen LogP contribution in [0.25, 0.3) is 0 Å². The van der Waals surface area contributed by atoms with Crippen LogP contribution in [-0.2, 0) is 19.7 Å². The second kappa shape index (κ2) is 9.29. The first-order valence-electron chi connectivity index (χ1n) is 12.4. The number of ether oxygens (including phenoxy) is 3. The fourth-order valence-electron chi connectivity index (χ4n) is 6.81. The Bertz CT molecular complexity index is 947. The molecule has 33 heavy (non-hydrogen) atoms. The number of allylic oxidation sites excluding steroid dienone is 2. The molecule has 0 spiro atoms. The molecule has 4 nitrogen and oxygen atoms in total. The smallest absolute Gasteiger partial charge is 0.311 e. The number of hydrogen-bond donors (Lipinski definition) is 0. The molecule has 0 unspecified atom stereocenters. The SMILES string of the molecule is C=C(C)[C@H]1CC=C(CO[C@@H]2C[C@H]3[C@@](C)(C(=O)OC)CCC[C@]3(C)c3cc(OC)ccc32)CC1. The molecule has 3 aliphatic carbocycles. The lowest BCUT2D eigenvalue weighted by Gasteiger charge is -2.55. The van der Waals surface area contributed by atoms with Gasteiger partial charge in [-0.2, -0.15) is 0 Å². The molecule has 4 heteroatoms. The number of rotatable bonds is 6. The average molecular weight is 453 g/mol. The third-order valence-electron chi connectivity index (χ3n) is 8.93. The van der Waals surface area contributed by atoms with Crippen LogP contribution in [0.1, 0.15) is 82.9 Å². The molecule has 3 aliphatic rings. The van der Waals surface area contributed by atoms with E-state index in [-0.39, 0.29) is 23.4 Å². The van der Waals surface area contributed by atoms with E-state index in [1.807, 2.05) is 6.07 Å². The zero-order valence-electron chi connectivity index (χ0n) is 21.0. The highest BCUT2D eigenvalue weighted by Gasteiger charge is 2.57. The predicted octanol–water partition coefficient (Wildman–Crippen LogP) is 6.70. The van der Waals surface area contributed by atoms with Gasteiger partial charge in [-0.3, -0.25) is 4.79 Å². The van der Waals surface area contributed by atoms with Crippen LogP contribution < -0.4 is 4.74 Å². The van der Waals surface area contributed by atoms with E-state index < -0.39 is 5.41 Å². The Labute approximate surface area is 199 Å². The molecule has 0 heterocycles. The maximum absolute atomic E-state index is 13.0. The van der Waals surface area contributed by atoms with Gasteiger partial charge in [0.15, 0.2) is 0 Å². The van der Waals surface area contributed by atoms with Crippen molar-refractivity contribution in [1.82, 2.24) is 0 Å². The number of fused-ring (bicyclic) bond motifs is 3. The normalized spacial score (nSPS) is 33.4. The van der Waals surface area contributed by atoms with E-state index in [1.165, 1.54) is 29.4 Å². The highest BCUT2D eigenvalue weighted by atomic mass is 16.5. The Balaban J connectivity index is 1.65. The van der Waals surface area contributed by atoms with E-state index >= 15 is 0 Å². The summed E-state index contributed by atoms with van der Waals surface area (Å²) < 4.78 is 17.6. The molecule has 0 aliphatic heterocycles. The zero-order valence-corrected chi connectivity index (χ0v) is 21.0. The van der Waals surface area contributed by atoms with Gasteiger partial charge in [-0.05, 0) is 98.5 Å². The van der Waals surface area contributed by atoms with Crippen LogP contribution in [0.4, 0.5) is 0 Å². The van der Waals surface area contributed by atoms with E-state index in [0.29, 0.717) is 12.5 Å². The average Bonchev–Trinajstić information content (AvgIpc) is 2.82. The van der Waals surface area contributed by atoms with Gasteiger partial charge in [0.25, 0.3) is 0 Å². The van der Waals surface area contributed by atoms with Crippen molar-refractivity contribution in [3.63, 3.8) is 0 Å². The number of methoxy groups -OCH3 is 2. The molecule has 0 saturated heterocycles. The van der Waals surface area contributed by atoms with Gasteiger partial charge in [0.05, 0.1) is 32.3 Å². The molecule has 1 aromatic rings. The van der Waals surface area contributed by atoms with Gasteiger partial charge in [0, 0.05) is 0 Å². The van der Waals surface area contributed by atoms with E-state index in [9.17, 15) is 4.79 Å². The molecule has 1 fully saturated rings. The first kappa shape index (κ1) is 24.1. The van der Waals surface area contributed by atoms with Crippen molar-refractivity contribution in [2.75, 3.05) is 20.8 Å². The summed E-state index contributed by atoms with van der Waals surface area (Å²) in [5.41, 5.74) is 4.57. The molecule has 4 rings (SSSR count). The second-order valence-electron chi connectivity index (χ2n) is 10.9. The monoisotopic (exact) mass is 452 g/mol. The third kappa shape index (κ3) is 4.27. The van der Waals surface area contributed by atoms with E-state index in [2.05, 4.69) is 45.6 Å². The van der Waals surface area contributed by atoms with Crippen molar-refractivity contribution in [1.29, 1.82) is 0 Å².